The number of carbonyl (C=O) groups excluding carboxylic acids is 1. The number of fused-ring (bicyclic) bond motifs is 2. The molecule has 0 fully saturated rings. The van der Waals surface area contributed by atoms with Crippen molar-refractivity contribution in [2.45, 2.75) is 13.3 Å². The molecule has 0 atom stereocenters. The molecule has 29 heavy (non-hydrogen) atoms. The maximum absolute atomic E-state index is 11.3. The number of hydrogen-bond acceptors (Lipinski definition) is 5. The van der Waals surface area contributed by atoms with Crippen molar-refractivity contribution in [2.24, 2.45) is 0 Å². The van der Waals surface area contributed by atoms with Crippen LogP contribution < -0.4 is 9.47 Å². The molecule has 0 radical (unpaired) electrons. The second kappa shape index (κ2) is 8.77. The number of ether oxygens (including phenoxy) is 3. The number of hydrogen-bond donors (Lipinski definition) is 0. The Labute approximate surface area is 169 Å². The molecular weight excluding hydrogens is 368 g/mol. The first-order chi connectivity index (χ1) is 14.0. The van der Waals surface area contributed by atoms with Gasteiger partial charge in [0.1, 0.15) is 17.2 Å². The van der Waals surface area contributed by atoms with Crippen LogP contribution in [0.1, 0.15) is 24.5 Å². The van der Waals surface area contributed by atoms with Gasteiger partial charge in [0, 0.05) is 34.8 Å². The van der Waals surface area contributed by atoms with E-state index in [0.717, 1.165) is 0 Å². The van der Waals surface area contributed by atoms with Crippen LogP contribution in [0.2, 0.25) is 0 Å². The molecule has 0 spiro atoms. The minimum atomic E-state index is -0.418. The van der Waals surface area contributed by atoms with Crippen LogP contribution in [-0.2, 0) is 9.53 Å². The Kier molecular flexibility index (Phi) is 5.97. The van der Waals surface area contributed by atoms with Gasteiger partial charge in [-0.15, -0.1) is 0 Å². The molecule has 0 aromatic heterocycles. The molecule has 3 rings (SSSR count). The molecule has 144 valence electrons. The summed E-state index contributed by atoms with van der Waals surface area (Å²) >= 11 is 0. The van der Waals surface area contributed by atoms with E-state index in [2.05, 4.69) is 11.4 Å². The zero-order chi connectivity index (χ0) is 20.8. The van der Waals surface area contributed by atoms with Gasteiger partial charge in [0.25, 0.3) is 5.70 Å². The average molecular weight is 386 g/mol. The first-order valence-electron chi connectivity index (χ1n) is 8.94. The Balaban J connectivity index is 1.77. The second-order valence-electron chi connectivity index (χ2n) is 6.32. The van der Waals surface area contributed by atoms with E-state index in [-0.39, 0.29) is 12.3 Å². The molecule has 1 aliphatic heterocycles. The monoisotopic (exact) mass is 386 g/mol. The van der Waals surface area contributed by atoms with Gasteiger partial charge in [-0.25, -0.2) is 14.9 Å². The minimum absolute atomic E-state index is 0.00926. The Morgan fingerprint density at radius 1 is 1.21 bits per heavy atom. The highest BCUT2D eigenvalue weighted by Gasteiger charge is 2.25. The number of nitrogens with zero attached hydrogens (tertiary/aromatic N) is 2. The summed E-state index contributed by atoms with van der Waals surface area (Å²) in [6.45, 7) is 13.1. The van der Waals surface area contributed by atoms with E-state index in [1.54, 1.807) is 31.2 Å². The van der Waals surface area contributed by atoms with Crippen LogP contribution in [0.25, 0.3) is 10.4 Å². The number of carbonyl (C=O) groups is 1. The van der Waals surface area contributed by atoms with Gasteiger partial charge in [-0.2, -0.15) is 0 Å². The lowest BCUT2D eigenvalue weighted by Gasteiger charge is -2.23. The lowest BCUT2D eigenvalue weighted by molar-refractivity contribution is -0.139. The van der Waals surface area contributed by atoms with Crippen molar-refractivity contribution in [3.63, 3.8) is 0 Å². The van der Waals surface area contributed by atoms with E-state index >= 15 is 0 Å². The topological polar surface area (TPSA) is 72.9 Å². The normalized spacial score (nSPS) is 12.9. The number of esters is 1. The summed E-state index contributed by atoms with van der Waals surface area (Å²) in [6.07, 6.45) is 0.529. The molecule has 1 heterocycles. The number of allylic oxidation sites excluding steroid dienone is 1. The Morgan fingerprint density at radius 3 is 2.69 bits per heavy atom. The molecule has 0 unspecified atom stereocenters. The van der Waals surface area contributed by atoms with Gasteiger partial charge in [0.2, 0.25) is 0 Å². The zero-order valence-corrected chi connectivity index (χ0v) is 15.9. The van der Waals surface area contributed by atoms with Crippen molar-refractivity contribution in [3.05, 3.63) is 82.9 Å². The summed E-state index contributed by atoms with van der Waals surface area (Å²) in [6, 6.07) is 14.5. The van der Waals surface area contributed by atoms with Crippen molar-refractivity contribution >= 4 is 11.5 Å². The van der Waals surface area contributed by atoms with Gasteiger partial charge in [0.15, 0.2) is 0 Å². The number of benzene rings is 2. The Morgan fingerprint density at radius 2 is 1.97 bits per heavy atom. The Bertz CT molecular complexity index is 1070. The van der Waals surface area contributed by atoms with E-state index in [1.165, 1.54) is 0 Å². The minimum Gasteiger partial charge on any atom is -0.493 e. The predicted octanol–water partition coefficient (Wildman–Crippen LogP) is 4.88. The van der Waals surface area contributed by atoms with Crippen molar-refractivity contribution in [1.82, 2.24) is 0 Å². The van der Waals surface area contributed by atoms with E-state index < -0.39 is 5.97 Å². The molecule has 2 aromatic carbocycles. The molecule has 0 amide bonds. The van der Waals surface area contributed by atoms with Gasteiger partial charge in [0.05, 0.1) is 25.9 Å². The molecule has 6 heteroatoms. The highest BCUT2D eigenvalue weighted by Crippen LogP contribution is 2.46. The third-order valence-electron chi connectivity index (χ3n) is 4.19. The van der Waals surface area contributed by atoms with Crippen LogP contribution in [-0.4, -0.2) is 19.2 Å². The van der Waals surface area contributed by atoms with Gasteiger partial charge < -0.3 is 14.2 Å². The van der Waals surface area contributed by atoms with E-state index in [9.17, 15) is 10.1 Å². The fraction of sp³-hybridized carbons (Fsp3) is 0.174. The van der Waals surface area contributed by atoms with Crippen LogP contribution in [0.5, 0.6) is 17.2 Å². The number of para-hydroxylation sites is 1. The van der Waals surface area contributed by atoms with Gasteiger partial charge in [-0.3, -0.25) is 0 Å². The van der Waals surface area contributed by atoms with Crippen molar-refractivity contribution in [2.75, 3.05) is 13.2 Å². The Hall–Kier alpha value is -4.03. The fourth-order valence-corrected chi connectivity index (χ4v) is 2.84. The molecular formula is C23H18N2O4. The lowest BCUT2D eigenvalue weighted by Crippen LogP contribution is -2.09. The van der Waals surface area contributed by atoms with Gasteiger partial charge >= 0.3 is 5.97 Å². The zero-order valence-electron chi connectivity index (χ0n) is 15.9. The molecule has 0 aliphatic carbocycles. The molecule has 6 nitrogen and oxygen atoms in total. The van der Waals surface area contributed by atoms with Crippen LogP contribution in [0, 0.1) is 17.9 Å². The summed E-state index contributed by atoms with van der Waals surface area (Å²) in [5.74, 6) is 1.25. The van der Waals surface area contributed by atoms with E-state index in [0.29, 0.717) is 52.5 Å². The van der Waals surface area contributed by atoms with Crippen molar-refractivity contribution < 1.29 is 19.0 Å². The van der Waals surface area contributed by atoms with Crippen LogP contribution in [0.15, 0.2) is 60.3 Å². The third kappa shape index (κ3) is 4.28. The first kappa shape index (κ1) is 19.7. The molecule has 0 bridgehead atoms. The lowest BCUT2D eigenvalue weighted by atomic mass is 9.92. The largest absolute Gasteiger partial charge is 0.493 e. The number of nitriles is 1. The maximum Gasteiger partial charge on any atom is 0.333 e. The highest BCUT2D eigenvalue weighted by molar-refractivity contribution is 5.92. The summed E-state index contributed by atoms with van der Waals surface area (Å²) in [5.41, 5.74) is 2.30. The summed E-state index contributed by atoms with van der Waals surface area (Å²) in [5, 5.41) is 9.40. The third-order valence-corrected chi connectivity index (χ3v) is 4.19. The van der Waals surface area contributed by atoms with Crippen molar-refractivity contribution in [1.29, 1.82) is 5.26 Å². The van der Waals surface area contributed by atoms with Gasteiger partial charge in [-0.1, -0.05) is 24.8 Å². The first-order valence-corrected chi connectivity index (χ1v) is 8.94. The summed E-state index contributed by atoms with van der Waals surface area (Å²) in [7, 11) is 0. The number of rotatable bonds is 6. The smallest absolute Gasteiger partial charge is 0.333 e. The molecule has 0 saturated carbocycles. The quantitative estimate of drug-likeness (QED) is 0.198. The predicted molar refractivity (Wildman–Crippen MR) is 107 cm³/mol. The summed E-state index contributed by atoms with van der Waals surface area (Å²) < 4.78 is 16.7. The van der Waals surface area contributed by atoms with Gasteiger partial charge in [-0.05, 0) is 25.1 Å². The molecule has 2 aromatic rings. The average Bonchev–Trinajstić information content (AvgIpc) is 2.73. The van der Waals surface area contributed by atoms with E-state index in [4.69, 9.17) is 20.8 Å². The SMILES string of the molecule is [C-]#[N+]/C(C#N)=C1\c2ccccc2Oc2cc(OCCCOC(=O)C(=C)C)ccc21. The summed E-state index contributed by atoms with van der Waals surface area (Å²) in [4.78, 5) is 14.7. The van der Waals surface area contributed by atoms with E-state index in [1.807, 2.05) is 24.3 Å². The molecule has 1 aliphatic rings. The molecule has 0 saturated heterocycles. The highest BCUT2D eigenvalue weighted by atomic mass is 16.5. The van der Waals surface area contributed by atoms with Crippen LogP contribution >= 0.6 is 0 Å². The van der Waals surface area contributed by atoms with Crippen molar-refractivity contribution in [3.8, 4) is 23.3 Å². The second-order valence-corrected chi connectivity index (χ2v) is 6.32. The fourth-order valence-electron chi connectivity index (χ4n) is 2.84. The maximum atomic E-state index is 11.3. The standard InChI is InChI=1S/C23H18N2O4/c1-15(2)23(26)28-12-6-11-27-16-9-10-18-21(13-16)29-20-8-5-4-7-17(20)22(18)19(14-24)25-3/h4-5,7-10,13H,1,6,11-12H2,2H3/b22-19+. The molecule has 0 N–H and O–H groups in total. The van der Waals surface area contributed by atoms with Crippen LogP contribution in [0.4, 0.5) is 0 Å². The van der Waals surface area contributed by atoms with Crippen LogP contribution in [0.3, 0.4) is 0 Å².